The summed E-state index contributed by atoms with van der Waals surface area (Å²) < 4.78 is 2.06. The molecule has 1 aliphatic heterocycles. The summed E-state index contributed by atoms with van der Waals surface area (Å²) >= 11 is 0. The summed E-state index contributed by atoms with van der Waals surface area (Å²) in [7, 11) is 0. The molecule has 0 radical (unpaired) electrons. The van der Waals surface area contributed by atoms with Gasteiger partial charge < -0.3 is 5.32 Å². The molecule has 1 aromatic heterocycles. The minimum atomic E-state index is 0.558. The lowest BCUT2D eigenvalue weighted by molar-refractivity contribution is 0.130. The molecule has 0 amide bonds. The lowest BCUT2D eigenvalue weighted by Crippen LogP contribution is -2.46. The molecule has 2 rings (SSSR count). The molecule has 1 atom stereocenters. The number of piperidine rings is 1. The van der Waals surface area contributed by atoms with Gasteiger partial charge in [-0.3, -0.25) is 4.90 Å². The van der Waals surface area contributed by atoms with Gasteiger partial charge in [-0.1, -0.05) is 27.2 Å². The SMILES string of the molecule is CCCn1ncnc1CN1CCCCC1CNC(C)C. The van der Waals surface area contributed by atoms with E-state index in [-0.39, 0.29) is 0 Å². The van der Waals surface area contributed by atoms with Gasteiger partial charge in [0.1, 0.15) is 12.2 Å². The van der Waals surface area contributed by atoms with Gasteiger partial charge in [-0.15, -0.1) is 0 Å². The fourth-order valence-corrected chi connectivity index (χ4v) is 2.86. The third kappa shape index (κ3) is 4.28. The van der Waals surface area contributed by atoms with Crippen LogP contribution >= 0.6 is 0 Å². The van der Waals surface area contributed by atoms with E-state index in [1.54, 1.807) is 6.33 Å². The zero-order valence-corrected chi connectivity index (χ0v) is 13.2. The zero-order valence-electron chi connectivity index (χ0n) is 13.2. The third-order valence-corrected chi connectivity index (χ3v) is 3.99. The van der Waals surface area contributed by atoms with Crippen molar-refractivity contribution in [2.45, 2.75) is 71.6 Å². The first-order valence-electron chi connectivity index (χ1n) is 8.04. The van der Waals surface area contributed by atoms with Gasteiger partial charge in [0.25, 0.3) is 0 Å². The summed E-state index contributed by atoms with van der Waals surface area (Å²) in [4.78, 5) is 7.03. The molecule has 5 heteroatoms. The molecule has 114 valence electrons. The minimum absolute atomic E-state index is 0.558. The lowest BCUT2D eigenvalue weighted by Gasteiger charge is -2.36. The maximum Gasteiger partial charge on any atom is 0.141 e. The first kappa shape index (κ1) is 15.4. The standard InChI is InChI=1S/C15H29N5/c1-4-8-20-15(17-12-18-20)11-19-9-6-5-7-14(19)10-16-13(2)3/h12-14,16H,4-11H2,1-3H3. The molecule has 20 heavy (non-hydrogen) atoms. The Morgan fingerprint density at radius 2 is 2.25 bits per heavy atom. The van der Waals surface area contributed by atoms with Crippen molar-refractivity contribution in [2.24, 2.45) is 0 Å². The van der Waals surface area contributed by atoms with Gasteiger partial charge in [0, 0.05) is 25.2 Å². The second-order valence-electron chi connectivity index (χ2n) is 6.08. The summed E-state index contributed by atoms with van der Waals surface area (Å²) in [5.41, 5.74) is 0. The van der Waals surface area contributed by atoms with Gasteiger partial charge in [0.15, 0.2) is 0 Å². The van der Waals surface area contributed by atoms with Crippen molar-refractivity contribution >= 4 is 0 Å². The number of hydrogen-bond donors (Lipinski definition) is 1. The van der Waals surface area contributed by atoms with E-state index in [0.29, 0.717) is 12.1 Å². The van der Waals surface area contributed by atoms with Crippen LogP contribution < -0.4 is 5.32 Å². The van der Waals surface area contributed by atoms with E-state index < -0.39 is 0 Å². The molecule has 1 N–H and O–H groups in total. The number of hydrogen-bond acceptors (Lipinski definition) is 4. The number of likely N-dealkylation sites (tertiary alicyclic amines) is 1. The number of nitrogens with zero attached hydrogens (tertiary/aromatic N) is 4. The zero-order chi connectivity index (χ0) is 14.4. The monoisotopic (exact) mass is 279 g/mol. The fraction of sp³-hybridized carbons (Fsp3) is 0.867. The van der Waals surface area contributed by atoms with Crippen LogP contribution in [-0.4, -0.2) is 44.8 Å². The molecule has 0 saturated carbocycles. The van der Waals surface area contributed by atoms with Crippen LogP contribution in [0.15, 0.2) is 6.33 Å². The lowest BCUT2D eigenvalue weighted by atomic mass is 10.0. The van der Waals surface area contributed by atoms with Crippen LogP contribution in [0.1, 0.15) is 52.3 Å². The smallest absolute Gasteiger partial charge is 0.141 e. The van der Waals surface area contributed by atoms with E-state index in [0.717, 1.165) is 31.9 Å². The maximum absolute atomic E-state index is 4.45. The van der Waals surface area contributed by atoms with E-state index in [4.69, 9.17) is 0 Å². The van der Waals surface area contributed by atoms with Crippen molar-refractivity contribution in [3.8, 4) is 0 Å². The van der Waals surface area contributed by atoms with Gasteiger partial charge in [-0.05, 0) is 25.8 Å². The summed E-state index contributed by atoms with van der Waals surface area (Å²) in [6, 6.07) is 1.19. The van der Waals surface area contributed by atoms with Gasteiger partial charge in [0.05, 0.1) is 6.54 Å². The Hall–Kier alpha value is -0.940. The highest BCUT2D eigenvalue weighted by Gasteiger charge is 2.23. The molecule has 1 aliphatic rings. The minimum Gasteiger partial charge on any atom is -0.313 e. The van der Waals surface area contributed by atoms with Gasteiger partial charge >= 0.3 is 0 Å². The van der Waals surface area contributed by atoms with Crippen molar-refractivity contribution in [1.82, 2.24) is 25.0 Å². The molecular formula is C15H29N5. The van der Waals surface area contributed by atoms with Gasteiger partial charge in [-0.2, -0.15) is 5.10 Å². The summed E-state index contributed by atoms with van der Waals surface area (Å²) in [5, 5.41) is 7.91. The van der Waals surface area contributed by atoms with Crippen LogP contribution in [0.2, 0.25) is 0 Å². The first-order chi connectivity index (χ1) is 9.70. The predicted molar refractivity (Wildman–Crippen MR) is 81.5 cm³/mol. The van der Waals surface area contributed by atoms with Crippen LogP contribution in [0.25, 0.3) is 0 Å². The van der Waals surface area contributed by atoms with E-state index in [2.05, 4.69) is 45.8 Å². The maximum atomic E-state index is 4.45. The number of aromatic nitrogens is 3. The number of rotatable bonds is 7. The van der Waals surface area contributed by atoms with Crippen LogP contribution in [0.3, 0.4) is 0 Å². The van der Waals surface area contributed by atoms with Crippen molar-refractivity contribution in [1.29, 1.82) is 0 Å². The highest BCUT2D eigenvalue weighted by Crippen LogP contribution is 2.18. The van der Waals surface area contributed by atoms with Crippen LogP contribution in [0.5, 0.6) is 0 Å². The van der Waals surface area contributed by atoms with Crippen molar-refractivity contribution < 1.29 is 0 Å². The highest BCUT2D eigenvalue weighted by molar-refractivity contribution is 4.89. The Morgan fingerprint density at radius 1 is 1.40 bits per heavy atom. The highest BCUT2D eigenvalue weighted by atomic mass is 15.4. The van der Waals surface area contributed by atoms with Crippen molar-refractivity contribution in [3.05, 3.63) is 12.2 Å². The Labute approximate surface area is 122 Å². The molecule has 1 saturated heterocycles. The van der Waals surface area contributed by atoms with Crippen LogP contribution in [0, 0.1) is 0 Å². The molecule has 0 aliphatic carbocycles. The Kier molecular flexibility index (Phi) is 5.98. The second-order valence-corrected chi connectivity index (χ2v) is 6.08. The molecule has 1 fully saturated rings. The summed E-state index contributed by atoms with van der Waals surface area (Å²) in [5.74, 6) is 1.11. The second kappa shape index (κ2) is 7.74. The molecule has 0 spiro atoms. The third-order valence-electron chi connectivity index (χ3n) is 3.99. The van der Waals surface area contributed by atoms with Crippen molar-refractivity contribution in [2.75, 3.05) is 13.1 Å². The quantitative estimate of drug-likeness (QED) is 0.829. The predicted octanol–water partition coefficient (Wildman–Crippen LogP) is 2.04. The van der Waals surface area contributed by atoms with Gasteiger partial charge in [-0.25, -0.2) is 9.67 Å². The largest absolute Gasteiger partial charge is 0.313 e. The van der Waals surface area contributed by atoms with E-state index in [1.807, 2.05) is 0 Å². The molecule has 0 bridgehead atoms. The number of nitrogens with one attached hydrogen (secondary N) is 1. The van der Waals surface area contributed by atoms with Crippen LogP contribution in [0.4, 0.5) is 0 Å². The van der Waals surface area contributed by atoms with Crippen LogP contribution in [-0.2, 0) is 13.1 Å². The fourth-order valence-electron chi connectivity index (χ4n) is 2.86. The molecule has 0 aromatic carbocycles. The van der Waals surface area contributed by atoms with Crippen molar-refractivity contribution in [3.63, 3.8) is 0 Å². The molecule has 2 heterocycles. The van der Waals surface area contributed by atoms with Gasteiger partial charge in [0.2, 0.25) is 0 Å². The summed E-state index contributed by atoms with van der Waals surface area (Å²) in [6.45, 7) is 10.8. The average Bonchev–Trinajstić information content (AvgIpc) is 2.85. The molecule has 1 aromatic rings. The molecule has 5 nitrogen and oxygen atoms in total. The van der Waals surface area contributed by atoms with E-state index in [9.17, 15) is 0 Å². The normalized spacial score (nSPS) is 20.7. The first-order valence-corrected chi connectivity index (χ1v) is 8.04. The Bertz CT molecular complexity index is 387. The summed E-state index contributed by atoms with van der Waals surface area (Å²) in [6.07, 6.45) is 6.75. The number of aryl methyl sites for hydroxylation is 1. The average molecular weight is 279 g/mol. The Morgan fingerprint density at radius 3 is 3.00 bits per heavy atom. The molecule has 1 unspecified atom stereocenters. The van der Waals surface area contributed by atoms with E-state index in [1.165, 1.54) is 25.8 Å². The molecular weight excluding hydrogens is 250 g/mol. The Balaban J connectivity index is 1.95. The topological polar surface area (TPSA) is 46.0 Å². The van der Waals surface area contributed by atoms with E-state index >= 15 is 0 Å².